The highest BCUT2D eigenvalue weighted by molar-refractivity contribution is 5.71. The van der Waals surface area contributed by atoms with Crippen LogP contribution in [0.1, 0.15) is 129 Å². The van der Waals surface area contributed by atoms with Crippen molar-refractivity contribution in [1.29, 1.82) is 0 Å². The highest BCUT2D eigenvalue weighted by Crippen LogP contribution is 2.37. The minimum atomic E-state index is -0.647. The van der Waals surface area contributed by atoms with Crippen molar-refractivity contribution in [3.8, 4) is 0 Å². The van der Waals surface area contributed by atoms with Gasteiger partial charge in [0.15, 0.2) is 6.10 Å². The standard InChI is InChI=1S/C33H62O5/c1-16-30(8,9)23-33(14,15)24-36-19-25(38-27(35)18-32(12,13)22-29(5,6)7)20-37-26(34)17-31(10,11)21-28(2,3)4/h16,25H,1,17-24H2,2-15H3. The first kappa shape index (κ1) is 36.6. The van der Waals surface area contributed by atoms with Gasteiger partial charge in [-0.05, 0) is 51.8 Å². The fraction of sp³-hybridized carbons (Fsp3) is 0.879. The second kappa shape index (κ2) is 13.8. The van der Waals surface area contributed by atoms with Gasteiger partial charge in [0.25, 0.3) is 0 Å². The molecule has 0 aromatic rings. The molecule has 38 heavy (non-hydrogen) atoms. The highest BCUT2D eigenvalue weighted by atomic mass is 16.6. The smallest absolute Gasteiger partial charge is 0.306 e. The molecule has 0 amide bonds. The zero-order valence-corrected chi connectivity index (χ0v) is 27.6. The molecule has 0 fully saturated rings. The van der Waals surface area contributed by atoms with Crippen molar-refractivity contribution >= 4 is 11.9 Å². The number of rotatable bonds is 16. The summed E-state index contributed by atoms with van der Waals surface area (Å²) >= 11 is 0. The Bertz CT molecular complexity index is 759. The van der Waals surface area contributed by atoms with Gasteiger partial charge in [-0.3, -0.25) is 9.59 Å². The summed E-state index contributed by atoms with van der Waals surface area (Å²) in [5, 5.41) is 0. The Morgan fingerprint density at radius 3 is 1.53 bits per heavy atom. The molecule has 0 radical (unpaired) electrons. The molecule has 1 unspecified atom stereocenters. The van der Waals surface area contributed by atoms with Crippen LogP contribution < -0.4 is 0 Å². The van der Waals surface area contributed by atoms with E-state index in [1.165, 1.54) is 0 Å². The number of carbonyl (C=O) groups excluding carboxylic acids is 2. The Balaban J connectivity index is 5.30. The summed E-state index contributed by atoms with van der Waals surface area (Å²) in [5.74, 6) is -0.564. The zero-order valence-electron chi connectivity index (χ0n) is 27.6. The monoisotopic (exact) mass is 538 g/mol. The van der Waals surface area contributed by atoms with Crippen LogP contribution in [0, 0.1) is 32.5 Å². The minimum absolute atomic E-state index is 0.00551. The van der Waals surface area contributed by atoms with Gasteiger partial charge < -0.3 is 14.2 Å². The Hall–Kier alpha value is -1.36. The van der Waals surface area contributed by atoms with Crippen molar-refractivity contribution in [2.75, 3.05) is 19.8 Å². The molecule has 224 valence electrons. The van der Waals surface area contributed by atoms with E-state index in [-0.39, 0.29) is 57.6 Å². The van der Waals surface area contributed by atoms with Crippen molar-refractivity contribution in [3.63, 3.8) is 0 Å². The van der Waals surface area contributed by atoms with Crippen LogP contribution in [0.3, 0.4) is 0 Å². The molecular weight excluding hydrogens is 476 g/mol. The van der Waals surface area contributed by atoms with E-state index in [0.717, 1.165) is 19.3 Å². The number of esters is 2. The summed E-state index contributed by atoms with van der Waals surface area (Å²) in [5.41, 5.74) is -0.264. The average Bonchev–Trinajstić information content (AvgIpc) is 2.59. The van der Waals surface area contributed by atoms with Crippen molar-refractivity contribution in [2.24, 2.45) is 32.5 Å². The SMILES string of the molecule is C=CC(C)(C)CC(C)(C)COCC(COC(=O)CC(C)(C)CC(C)(C)C)OC(=O)CC(C)(C)CC(C)(C)C. The number of hydrogen-bond acceptors (Lipinski definition) is 5. The summed E-state index contributed by atoms with van der Waals surface area (Å²) in [6, 6.07) is 0. The molecule has 0 aromatic carbocycles. The molecule has 5 nitrogen and oxygen atoms in total. The number of allylic oxidation sites excluding steroid dienone is 1. The lowest BCUT2D eigenvalue weighted by atomic mass is 9.74. The van der Waals surface area contributed by atoms with Crippen molar-refractivity contribution in [3.05, 3.63) is 12.7 Å². The van der Waals surface area contributed by atoms with Gasteiger partial charge in [0.1, 0.15) is 6.61 Å². The van der Waals surface area contributed by atoms with Gasteiger partial charge in [0.2, 0.25) is 0 Å². The molecule has 5 heteroatoms. The van der Waals surface area contributed by atoms with E-state index in [2.05, 4.69) is 104 Å². The number of hydrogen-bond donors (Lipinski definition) is 0. The second-order valence-corrected chi connectivity index (χ2v) is 17.0. The van der Waals surface area contributed by atoms with Gasteiger partial charge in [-0.15, -0.1) is 6.58 Å². The first-order valence-corrected chi connectivity index (χ1v) is 14.3. The molecule has 0 aliphatic carbocycles. The number of ether oxygens (including phenoxy) is 3. The summed E-state index contributed by atoms with van der Waals surface area (Å²) in [6.45, 7) is 34.7. The lowest BCUT2D eigenvalue weighted by Gasteiger charge is -2.33. The Kier molecular flexibility index (Phi) is 13.3. The van der Waals surface area contributed by atoms with Crippen LogP contribution in [-0.2, 0) is 23.8 Å². The Morgan fingerprint density at radius 2 is 1.11 bits per heavy atom. The molecule has 0 N–H and O–H groups in total. The summed E-state index contributed by atoms with van der Waals surface area (Å²) in [6.07, 6.45) is 4.63. The summed E-state index contributed by atoms with van der Waals surface area (Å²) in [7, 11) is 0. The normalized spacial score (nSPS) is 14.7. The molecule has 0 aliphatic heterocycles. The predicted octanol–water partition coefficient (Wildman–Crippen LogP) is 8.79. The third-order valence-electron chi connectivity index (χ3n) is 6.28. The van der Waals surface area contributed by atoms with Crippen LogP contribution in [0.2, 0.25) is 0 Å². The fourth-order valence-corrected chi connectivity index (χ4v) is 6.18. The first-order valence-electron chi connectivity index (χ1n) is 14.3. The third-order valence-corrected chi connectivity index (χ3v) is 6.28. The van der Waals surface area contributed by atoms with E-state index in [1.54, 1.807) is 0 Å². The van der Waals surface area contributed by atoms with Crippen LogP contribution in [0.15, 0.2) is 12.7 Å². The van der Waals surface area contributed by atoms with E-state index in [4.69, 9.17) is 14.2 Å². The summed E-state index contributed by atoms with van der Waals surface area (Å²) < 4.78 is 17.5. The van der Waals surface area contributed by atoms with Gasteiger partial charge in [0.05, 0.1) is 26.1 Å². The third kappa shape index (κ3) is 18.8. The fourth-order valence-electron chi connectivity index (χ4n) is 6.18. The van der Waals surface area contributed by atoms with E-state index in [9.17, 15) is 9.59 Å². The second-order valence-electron chi connectivity index (χ2n) is 17.0. The zero-order chi connectivity index (χ0) is 30.2. The van der Waals surface area contributed by atoms with Crippen molar-refractivity contribution in [1.82, 2.24) is 0 Å². The maximum Gasteiger partial charge on any atom is 0.306 e. The maximum absolute atomic E-state index is 12.9. The van der Waals surface area contributed by atoms with Gasteiger partial charge in [-0.2, -0.15) is 0 Å². The quantitative estimate of drug-likeness (QED) is 0.145. The largest absolute Gasteiger partial charge is 0.462 e. The van der Waals surface area contributed by atoms with E-state index >= 15 is 0 Å². The Labute approximate surface area is 235 Å². The Morgan fingerprint density at radius 1 is 0.658 bits per heavy atom. The molecular formula is C33H62O5. The lowest BCUT2D eigenvalue weighted by Crippen LogP contribution is -2.34. The molecule has 0 bridgehead atoms. The van der Waals surface area contributed by atoms with E-state index < -0.39 is 6.10 Å². The molecule has 0 aromatic heterocycles. The minimum Gasteiger partial charge on any atom is -0.462 e. The van der Waals surface area contributed by atoms with Crippen molar-refractivity contribution in [2.45, 2.75) is 135 Å². The molecule has 0 saturated heterocycles. The lowest BCUT2D eigenvalue weighted by molar-refractivity contribution is -0.166. The number of carbonyl (C=O) groups is 2. The average molecular weight is 539 g/mol. The van der Waals surface area contributed by atoms with E-state index in [1.807, 2.05) is 6.08 Å². The molecule has 0 rings (SSSR count). The van der Waals surface area contributed by atoms with Crippen LogP contribution >= 0.6 is 0 Å². The van der Waals surface area contributed by atoms with Crippen LogP contribution in [0.4, 0.5) is 0 Å². The predicted molar refractivity (Wildman–Crippen MR) is 159 cm³/mol. The molecule has 1 atom stereocenters. The van der Waals surface area contributed by atoms with Crippen LogP contribution in [0.5, 0.6) is 0 Å². The van der Waals surface area contributed by atoms with Gasteiger partial charge in [-0.25, -0.2) is 0 Å². The maximum atomic E-state index is 12.9. The van der Waals surface area contributed by atoms with Crippen molar-refractivity contribution < 1.29 is 23.8 Å². The molecule has 0 spiro atoms. The summed E-state index contributed by atoms with van der Waals surface area (Å²) in [4.78, 5) is 25.7. The molecule has 0 saturated carbocycles. The van der Waals surface area contributed by atoms with Gasteiger partial charge in [0, 0.05) is 0 Å². The topological polar surface area (TPSA) is 61.8 Å². The molecule has 0 heterocycles. The first-order chi connectivity index (χ1) is 16.8. The molecule has 0 aliphatic rings. The van der Waals surface area contributed by atoms with Gasteiger partial charge in [-0.1, -0.05) is 103 Å². The van der Waals surface area contributed by atoms with Gasteiger partial charge >= 0.3 is 11.9 Å². The van der Waals surface area contributed by atoms with Crippen LogP contribution in [0.25, 0.3) is 0 Å². The highest BCUT2D eigenvalue weighted by Gasteiger charge is 2.32. The van der Waals surface area contributed by atoms with E-state index in [0.29, 0.717) is 19.4 Å². The van der Waals surface area contributed by atoms with Crippen LogP contribution in [-0.4, -0.2) is 37.9 Å².